The van der Waals surface area contributed by atoms with E-state index in [-0.39, 0.29) is 35.1 Å². The van der Waals surface area contributed by atoms with Crippen LogP contribution in [0.25, 0.3) is 22.5 Å². The second-order valence-corrected chi connectivity index (χ2v) is 9.39. The molecule has 0 spiro atoms. The Hall–Kier alpha value is -3.36. The van der Waals surface area contributed by atoms with Crippen molar-refractivity contribution >= 4 is 5.82 Å². The lowest BCUT2D eigenvalue weighted by Gasteiger charge is -2.40. The van der Waals surface area contributed by atoms with Crippen LogP contribution in [0.1, 0.15) is 45.4 Å². The summed E-state index contributed by atoms with van der Waals surface area (Å²) in [6.07, 6.45) is 7.22. The summed E-state index contributed by atoms with van der Waals surface area (Å²) < 4.78 is 34.3. The van der Waals surface area contributed by atoms with Gasteiger partial charge in [0.15, 0.2) is 11.6 Å². The number of benzene rings is 1. The highest BCUT2D eigenvalue weighted by atomic mass is 19.1. The van der Waals surface area contributed by atoms with Crippen LogP contribution in [0.3, 0.4) is 0 Å². The minimum atomic E-state index is -0.885. The van der Waals surface area contributed by atoms with Crippen molar-refractivity contribution in [3.8, 4) is 34.1 Å². The number of rotatable bonds is 7. The van der Waals surface area contributed by atoms with E-state index >= 15 is 0 Å². The minimum absolute atomic E-state index is 0.104. The molecule has 2 saturated carbocycles. The van der Waals surface area contributed by atoms with Crippen LogP contribution in [0.2, 0.25) is 0 Å². The summed E-state index contributed by atoms with van der Waals surface area (Å²) in [6, 6.07) is 6.27. The van der Waals surface area contributed by atoms with Crippen molar-refractivity contribution in [3.05, 3.63) is 42.5 Å². The maximum Gasteiger partial charge on any atom is 0.213 e. The summed E-state index contributed by atoms with van der Waals surface area (Å²) in [5.41, 5.74) is 1.09. The number of hydrogen-bond donors (Lipinski definition) is 1. The molecular weight excluding hydrogens is 452 g/mol. The Labute approximate surface area is 203 Å². The average molecular weight is 482 g/mol. The fourth-order valence-corrected chi connectivity index (χ4v) is 4.98. The Morgan fingerprint density at radius 3 is 2.54 bits per heavy atom. The number of pyridine rings is 1. The molecule has 2 heterocycles. The third kappa shape index (κ3) is 4.76. The van der Waals surface area contributed by atoms with Gasteiger partial charge in [-0.3, -0.25) is 0 Å². The topological polar surface area (TPSA) is 84.3 Å². The number of anilines is 1. The first-order valence-electron chi connectivity index (χ1n) is 12.1. The summed E-state index contributed by atoms with van der Waals surface area (Å²) in [6.45, 7) is 2.16. The molecule has 0 radical (unpaired) electrons. The molecule has 0 amide bonds. The number of ether oxygens (including phenoxy) is 1. The van der Waals surface area contributed by atoms with Crippen LogP contribution < -0.4 is 9.64 Å². The molecule has 2 fully saturated rings. The van der Waals surface area contributed by atoms with Crippen LogP contribution in [0.5, 0.6) is 11.6 Å². The van der Waals surface area contributed by atoms with Gasteiger partial charge in [0.05, 0.1) is 31.1 Å². The SMILES string of the molecule is CC[C@@H]1CC[C@H](F)[C@H](N(c2cnc(-c3ccc(-c4cc(OC)ncc4F)cc3O)nn2)C2CC2)C1. The van der Waals surface area contributed by atoms with E-state index in [1.165, 1.54) is 19.2 Å². The lowest BCUT2D eigenvalue weighted by atomic mass is 9.82. The summed E-state index contributed by atoms with van der Waals surface area (Å²) in [7, 11) is 1.45. The highest BCUT2D eigenvalue weighted by molar-refractivity contribution is 5.73. The van der Waals surface area contributed by atoms with Crippen molar-refractivity contribution in [2.45, 2.75) is 63.7 Å². The number of alkyl halides is 1. The van der Waals surface area contributed by atoms with Crippen LogP contribution in [-0.2, 0) is 0 Å². The normalized spacial score (nSPS) is 22.1. The van der Waals surface area contributed by atoms with E-state index in [1.54, 1.807) is 18.3 Å². The monoisotopic (exact) mass is 481 g/mol. The third-order valence-electron chi connectivity index (χ3n) is 7.12. The Kier molecular flexibility index (Phi) is 6.49. The second kappa shape index (κ2) is 9.71. The zero-order valence-corrected chi connectivity index (χ0v) is 19.9. The van der Waals surface area contributed by atoms with E-state index in [4.69, 9.17) is 4.74 Å². The second-order valence-electron chi connectivity index (χ2n) is 9.39. The Morgan fingerprint density at radius 1 is 1.06 bits per heavy atom. The summed E-state index contributed by atoms with van der Waals surface area (Å²) in [4.78, 5) is 10.4. The van der Waals surface area contributed by atoms with Crippen molar-refractivity contribution < 1.29 is 18.6 Å². The van der Waals surface area contributed by atoms with Gasteiger partial charge < -0.3 is 14.7 Å². The van der Waals surface area contributed by atoms with Gasteiger partial charge in [0.1, 0.15) is 17.7 Å². The fraction of sp³-hybridized carbons (Fsp3) is 0.462. The van der Waals surface area contributed by atoms with E-state index in [1.807, 2.05) is 0 Å². The van der Waals surface area contributed by atoms with Gasteiger partial charge in [-0.2, -0.15) is 0 Å². The number of aromatic nitrogens is 4. The van der Waals surface area contributed by atoms with Crippen molar-refractivity contribution in [1.29, 1.82) is 0 Å². The highest BCUT2D eigenvalue weighted by Gasteiger charge is 2.41. The van der Waals surface area contributed by atoms with Gasteiger partial charge in [0, 0.05) is 17.7 Å². The summed E-state index contributed by atoms with van der Waals surface area (Å²) in [5.74, 6) is 0.977. The lowest BCUT2D eigenvalue weighted by Crippen LogP contribution is -2.47. The molecule has 5 rings (SSSR count). The van der Waals surface area contributed by atoms with E-state index < -0.39 is 12.0 Å². The molecule has 184 valence electrons. The first-order chi connectivity index (χ1) is 17.0. The minimum Gasteiger partial charge on any atom is -0.507 e. The molecular formula is C26H29F2N5O2. The number of nitrogens with zero attached hydrogens (tertiary/aromatic N) is 5. The van der Waals surface area contributed by atoms with E-state index in [9.17, 15) is 13.9 Å². The van der Waals surface area contributed by atoms with E-state index in [0.717, 1.165) is 38.3 Å². The number of methoxy groups -OCH3 is 1. The van der Waals surface area contributed by atoms with Gasteiger partial charge in [-0.15, -0.1) is 10.2 Å². The van der Waals surface area contributed by atoms with Crippen molar-refractivity contribution in [1.82, 2.24) is 20.2 Å². The molecule has 7 nitrogen and oxygen atoms in total. The van der Waals surface area contributed by atoms with Gasteiger partial charge >= 0.3 is 0 Å². The fourth-order valence-electron chi connectivity index (χ4n) is 4.98. The largest absolute Gasteiger partial charge is 0.507 e. The maximum absolute atomic E-state index is 15.0. The molecule has 3 aromatic rings. The number of halogens is 2. The molecule has 35 heavy (non-hydrogen) atoms. The number of hydrogen-bond acceptors (Lipinski definition) is 7. The zero-order chi connectivity index (χ0) is 24.5. The number of phenolic OH excluding ortho intramolecular Hbond substituents is 1. The predicted molar refractivity (Wildman–Crippen MR) is 128 cm³/mol. The van der Waals surface area contributed by atoms with Crippen molar-refractivity contribution in [3.63, 3.8) is 0 Å². The Balaban J connectivity index is 1.40. The lowest BCUT2D eigenvalue weighted by molar-refractivity contribution is 0.166. The molecule has 0 bridgehead atoms. The standard InChI is InChI=1S/C26H29F2N5O2/c1-3-15-4-9-20(27)22(10-15)33(17-6-7-17)24-14-30-26(32-31-24)18-8-5-16(11-23(18)34)19-12-25(35-2)29-13-21(19)28/h5,8,11-15,17,20,22,34H,3-4,6-7,9-10H2,1-2H3/t15-,20+,22-/m1/s1. The van der Waals surface area contributed by atoms with Crippen LogP contribution in [0.4, 0.5) is 14.6 Å². The predicted octanol–water partition coefficient (Wildman–Crippen LogP) is 5.34. The van der Waals surface area contributed by atoms with Crippen LogP contribution in [0, 0.1) is 11.7 Å². The van der Waals surface area contributed by atoms with Crippen LogP contribution in [0.15, 0.2) is 36.7 Å². The molecule has 0 saturated heterocycles. The first-order valence-corrected chi connectivity index (χ1v) is 12.1. The number of phenols is 1. The Bertz CT molecular complexity index is 1190. The molecule has 0 aliphatic heterocycles. The molecule has 9 heteroatoms. The molecule has 2 aromatic heterocycles. The van der Waals surface area contributed by atoms with Gasteiger partial charge in [-0.25, -0.2) is 18.7 Å². The molecule has 2 aliphatic carbocycles. The zero-order valence-electron chi connectivity index (χ0n) is 19.9. The van der Waals surface area contributed by atoms with Crippen molar-refractivity contribution in [2.75, 3.05) is 12.0 Å². The highest BCUT2D eigenvalue weighted by Crippen LogP contribution is 2.40. The van der Waals surface area contributed by atoms with Crippen molar-refractivity contribution in [2.24, 2.45) is 5.92 Å². The van der Waals surface area contributed by atoms with Gasteiger partial charge in [-0.1, -0.05) is 19.4 Å². The maximum atomic E-state index is 15.0. The molecule has 1 aromatic carbocycles. The first kappa shape index (κ1) is 23.4. The van der Waals surface area contributed by atoms with E-state index in [2.05, 4.69) is 32.0 Å². The molecule has 3 atom stereocenters. The molecule has 2 aliphatic rings. The average Bonchev–Trinajstić information content (AvgIpc) is 3.71. The smallest absolute Gasteiger partial charge is 0.213 e. The van der Waals surface area contributed by atoms with Gasteiger partial charge in [-0.05, 0) is 55.7 Å². The molecule has 1 N–H and O–H groups in total. The van der Waals surface area contributed by atoms with Gasteiger partial charge in [0.2, 0.25) is 5.88 Å². The van der Waals surface area contributed by atoms with E-state index in [0.29, 0.717) is 29.3 Å². The Morgan fingerprint density at radius 2 is 1.89 bits per heavy atom. The number of aromatic hydroxyl groups is 1. The summed E-state index contributed by atoms with van der Waals surface area (Å²) >= 11 is 0. The summed E-state index contributed by atoms with van der Waals surface area (Å²) in [5, 5.41) is 19.3. The van der Waals surface area contributed by atoms with Crippen LogP contribution >= 0.6 is 0 Å². The quantitative estimate of drug-likeness (QED) is 0.488. The van der Waals surface area contributed by atoms with Gasteiger partial charge in [0.25, 0.3) is 0 Å². The van der Waals surface area contributed by atoms with Crippen LogP contribution in [-0.4, -0.2) is 50.6 Å². The third-order valence-corrected chi connectivity index (χ3v) is 7.12. The molecule has 0 unspecified atom stereocenters.